The van der Waals surface area contributed by atoms with Crippen LogP contribution in [0.15, 0.2) is 85.7 Å². The number of rotatable bonds is 7. The summed E-state index contributed by atoms with van der Waals surface area (Å²) in [6.45, 7) is 4.07. The minimum Gasteiger partial charge on any atom is -0.391 e. The molecule has 4 unspecified atom stereocenters. The Balaban J connectivity index is 0.000000137. The number of hydrogen-bond acceptors (Lipinski definition) is 10. The van der Waals surface area contributed by atoms with Crippen LogP contribution >= 0.6 is 23.2 Å². The van der Waals surface area contributed by atoms with Crippen molar-refractivity contribution in [2.75, 3.05) is 26.2 Å². The number of epoxide rings is 1. The van der Waals surface area contributed by atoms with Crippen molar-refractivity contribution in [2.45, 2.75) is 100 Å². The number of nitrogens with zero attached hydrogens (tertiary/aromatic N) is 7. The summed E-state index contributed by atoms with van der Waals surface area (Å²) in [5.41, 5.74) is 10.1. The van der Waals surface area contributed by atoms with Crippen LogP contribution in [0.5, 0.6) is 0 Å². The average molecular weight is 848 g/mol. The number of halogens is 2. The highest BCUT2D eigenvalue weighted by molar-refractivity contribution is 6.31. The zero-order valence-electron chi connectivity index (χ0n) is 33.7. The summed E-state index contributed by atoms with van der Waals surface area (Å²) in [5, 5.41) is 31.1. The zero-order valence-corrected chi connectivity index (χ0v) is 35.2. The zero-order chi connectivity index (χ0) is 40.8. The number of aromatic nitrogens is 8. The first-order valence-corrected chi connectivity index (χ1v) is 22.2. The van der Waals surface area contributed by atoms with Crippen molar-refractivity contribution in [2.24, 2.45) is 0 Å². The number of likely N-dealkylation sites (tertiary alicyclic amines) is 1. The summed E-state index contributed by atoms with van der Waals surface area (Å²) in [7, 11) is 0. The van der Waals surface area contributed by atoms with E-state index in [-0.39, 0.29) is 6.10 Å². The fourth-order valence-electron chi connectivity index (χ4n) is 9.52. The third kappa shape index (κ3) is 9.34. The van der Waals surface area contributed by atoms with Crippen LogP contribution in [0, 0.1) is 0 Å². The van der Waals surface area contributed by atoms with Gasteiger partial charge in [0.15, 0.2) is 0 Å². The van der Waals surface area contributed by atoms with Crippen molar-refractivity contribution in [3.63, 3.8) is 0 Å². The molecule has 60 heavy (non-hydrogen) atoms. The summed E-state index contributed by atoms with van der Waals surface area (Å²) >= 11 is 12.1. The molecule has 12 nitrogen and oxygen atoms in total. The summed E-state index contributed by atoms with van der Waals surface area (Å²) in [6.07, 6.45) is 19.5. The van der Waals surface area contributed by atoms with Crippen molar-refractivity contribution in [1.29, 1.82) is 0 Å². The first-order valence-electron chi connectivity index (χ1n) is 21.5. The number of hydrogen-bond donors (Lipinski definition) is 4. The second kappa shape index (κ2) is 19.0. The van der Waals surface area contributed by atoms with E-state index in [0.717, 1.165) is 127 Å². The van der Waals surface area contributed by atoms with Gasteiger partial charge in [-0.15, -0.1) is 0 Å². The van der Waals surface area contributed by atoms with Crippen LogP contribution in [0.25, 0.3) is 45.0 Å². The smallest absolute Gasteiger partial charge is 0.116 e. The van der Waals surface area contributed by atoms with Crippen molar-refractivity contribution in [3.05, 3.63) is 107 Å². The second-order valence-corrected chi connectivity index (χ2v) is 17.3. The molecular weight excluding hydrogens is 795 g/mol. The minimum atomic E-state index is -0.165. The number of aliphatic hydroxyl groups is 1. The molecule has 2 aliphatic carbocycles. The molecule has 312 valence electrons. The van der Waals surface area contributed by atoms with Crippen LogP contribution in [0.3, 0.4) is 0 Å². The lowest BCUT2D eigenvalue weighted by molar-refractivity contribution is 0.0550. The Hall–Kier alpha value is -4.56. The predicted octanol–water partition coefficient (Wildman–Crippen LogP) is 8.87. The summed E-state index contributed by atoms with van der Waals surface area (Å²) in [6, 6.07) is 19.8. The molecule has 7 heterocycles. The van der Waals surface area contributed by atoms with E-state index in [9.17, 15) is 5.11 Å². The predicted molar refractivity (Wildman–Crippen MR) is 235 cm³/mol. The number of nitrogens with one attached hydrogen (secondary N) is 3. The maximum Gasteiger partial charge on any atom is 0.116 e. The third-order valence-electron chi connectivity index (χ3n) is 12.8. The molecule has 4 atom stereocenters. The van der Waals surface area contributed by atoms with E-state index in [0.29, 0.717) is 35.1 Å². The lowest BCUT2D eigenvalue weighted by atomic mass is 9.88. The van der Waals surface area contributed by atoms with Gasteiger partial charge in [0, 0.05) is 74.0 Å². The molecule has 2 aromatic carbocycles. The van der Waals surface area contributed by atoms with Crippen molar-refractivity contribution >= 4 is 23.2 Å². The maximum absolute atomic E-state index is 10.3. The van der Waals surface area contributed by atoms with Gasteiger partial charge in [-0.25, -0.2) is 19.9 Å². The van der Waals surface area contributed by atoms with Gasteiger partial charge in [0.05, 0.1) is 29.7 Å². The van der Waals surface area contributed by atoms with E-state index in [2.05, 4.69) is 45.4 Å². The van der Waals surface area contributed by atoms with Crippen LogP contribution in [0.1, 0.15) is 87.4 Å². The van der Waals surface area contributed by atoms with Crippen molar-refractivity contribution in [1.82, 2.24) is 50.5 Å². The molecule has 3 saturated heterocycles. The Morgan fingerprint density at radius 1 is 0.600 bits per heavy atom. The Morgan fingerprint density at radius 3 is 1.52 bits per heavy atom. The number of H-pyrrole nitrogens is 2. The SMILES string of the molecule is C1CC2OC2C1.Clc1ccc(-c2n[nH]c(C3CCNCC3)c2-c2ccncn2)cc1.OC1CCCC1N1CCC(c2[nH]nc(-c3ccc(Cl)cc3)c2-c2ccncn2)CC1. The van der Waals surface area contributed by atoms with Gasteiger partial charge >= 0.3 is 0 Å². The van der Waals surface area contributed by atoms with E-state index in [4.69, 9.17) is 33.0 Å². The lowest BCUT2D eigenvalue weighted by Gasteiger charge is -2.37. The van der Waals surface area contributed by atoms with Gasteiger partial charge in [-0.3, -0.25) is 15.1 Å². The van der Waals surface area contributed by atoms with Crippen LogP contribution in [-0.4, -0.2) is 101 Å². The average Bonchev–Trinajstić information content (AvgIpc) is 3.81. The Bertz CT molecular complexity index is 2270. The monoisotopic (exact) mass is 846 g/mol. The van der Waals surface area contributed by atoms with E-state index < -0.39 is 0 Å². The van der Waals surface area contributed by atoms with Gasteiger partial charge in [-0.1, -0.05) is 47.5 Å². The van der Waals surface area contributed by atoms with Gasteiger partial charge < -0.3 is 15.2 Å². The number of benzene rings is 2. The highest BCUT2D eigenvalue weighted by Crippen LogP contribution is 2.41. The molecule has 6 aromatic rings. The van der Waals surface area contributed by atoms with Crippen LogP contribution in [0.4, 0.5) is 0 Å². The van der Waals surface area contributed by atoms with E-state index in [1.165, 1.54) is 25.0 Å². The van der Waals surface area contributed by atoms with Crippen molar-refractivity contribution < 1.29 is 9.84 Å². The van der Waals surface area contributed by atoms with E-state index >= 15 is 0 Å². The molecule has 3 aliphatic heterocycles. The van der Waals surface area contributed by atoms with Crippen molar-refractivity contribution in [3.8, 4) is 45.0 Å². The fourth-order valence-corrected chi connectivity index (χ4v) is 9.77. The van der Waals surface area contributed by atoms with Crippen LogP contribution < -0.4 is 5.32 Å². The molecule has 5 fully saturated rings. The highest BCUT2D eigenvalue weighted by Gasteiger charge is 2.42. The summed E-state index contributed by atoms with van der Waals surface area (Å²) in [5.74, 6) is 0.850. The normalized spacial score (nSPS) is 23.0. The van der Waals surface area contributed by atoms with Gasteiger partial charge in [-0.05, 0) is 127 Å². The number of aliphatic hydroxyl groups excluding tert-OH is 1. The number of aromatic amines is 2. The van der Waals surface area contributed by atoms with Gasteiger partial charge in [0.2, 0.25) is 0 Å². The highest BCUT2D eigenvalue weighted by atomic mass is 35.5. The molecule has 14 heteroatoms. The largest absolute Gasteiger partial charge is 0.391 e. The molecule has 0 amide bonds. The number of ether oxygens (including phenoxy) is 1. The molecule has 11 rings (SSSR count). The van der Waals surface area contributed by atoms with E-state index in [1.807, 2.05) is 60.7 Å². The molecule has 2 saturated carbocycles. The first kappa shape index (κ1) is 40.8. The molecule has 0 spiro atoms. The summed E-state index contributed by atoms with van der Waals surface area (Å²) in [4.78, 5) is 19.6. The van der Waals surface area contributed by atoms with Gasteiger partial charge in [0.25, 0.3) is 0 Å². The van der Waals surface area contributed by atoms with Gasteiger partial charge in [0.1, 0.15) is 24.0 Å². The van der Waals surface area contributed by atoms with Gasteiger partial charge in [-0.2, -0.15) is 10.2 Å². The Morgan fingerprint density at radius 2 is 1.10 bits per heavy atom. The topological polar surface area (TPSA) is 157 Å². The molecule has 0 radical (unpaired) electrons. The third-order valence-corrected chi connectivity index (χ3v) is 13.3. The van der Waals surface area contributed by atoms with E-state index in [1.54, 1.807) is 25.0 Å². The molecule has 0 bridgehead atoms. The molecule has 5 aliphatic rings. The molecule has 4 N–H and O–H groups in total. The Labute approximate surface area is 360 Å². The lowest BCUT2D eigenvalue weighted by Crippen LogP contribution is -2.44. The summed E-state index contributed by atoms with van der Waals surface area (Å²) < 4.78 is 5.15. The quantitative estimate of drug-likeness (QED) is 0.115. The minimum absolute atomic E-state index is 0.165. The maximum atomic E-state index is 10.3. The standard InChI is InChI=1S/C23H26ClN5O.C18H18ClN5.C5H8O/c24-17-6-4-15(5-7-17)22-21(18-8-11-25-14-26-18)23(28-27-22)16-9-12-29(13-10-16)19-2-1-3-20(19)30;19-14-3-1-12(2-4-14)17-16(15-7-10-21-11-22-15)18(24-23-17)13-5-8-20-9-6-13;1-2-4-5(3-1)6-4/h4-8,11,14,16,19-20,30H,1-3,9-10,12-13H2,(H,27,28);1-4,7,10-11,13,20H,5-6,8-9H2,(H,23,24);4-5H,1-3H2. The fraction of sp³-hybridized carbons (Fsp3) is 0.435. The number of piperidine rings is 2. The molecular formula is C46H52Cl2N10O2. The first-order chi connectivity index (χ1) is 29.5. The number of fused-ring (bicyclic) bond motifs is 1. The molecule has 4 aromatic heterocycles. The Kier molecular flexibility index (Phi) is 12.9. The second-order valence-electron chi connectivity index (χ2n) is 16.5. The van der Waals surface area contributed by atoms with Crippen LogP contribution in [0.2, 0.25) is 10.0 Å². The van der Waals surface area contributed by atoms with Crippen LogP contribution in [-0.2, 0) is 4.74 Å².